The van der Waals surface area contributed by atoms with Crippen molar-refractivity contribution in [2.45, 2.75) is 39.2 Å². The van der Waals surface area contributed by atoms with Crippen LogP contribution in [0.3, 0.4) is 0 Å². The van der Waals surface area contributed by atoms with E-state index in [4.69, 9.17) is 14.5 Å². The van der Waals surface area contributed by atoms with Gasteiger partial charge < -0.3 is 25.0 Å². The van der Waals surface area contributed by atoms with Crippen LogP contribution in [0.4, 0.5) is 5.69 Å². The third-order valence-electron chi connectivity index (χ3n) is 5.03. The molecule has 1 atom stereocenters. The van der Waals surface area contributed by atoms with E-state index in [1.165, 1.54) is 0 Å². The molecule has 1 amide bonds. The zero-order valence-electron chi connectivity index (χ0n) is 19.4. The van der Waals surface area contributed by atoms with Crippen molar-refractivity contribution in [3.63, 3.8) is 0 Å². The van der Waals surface area contributed by atoms with Crippen LogP contribution in [0.1, 0.15) is 33.1 Å². The van der Waals surface area contributed by atoms with E-state index in [9.17, 15) is 4.79 Å². The number of hydrogen-bond donors (Lipinski definition) is 2. The van der Waals surface area contributed by atoms with Crippen LogP contribution in [0.2, 0.25) is 0 Å². The number of carbonyl (C=O) groups is 1. The Morgan fingerprint density at radius 2 is 2.06 bits per heavy atom. The predicted molar refractivity (Wildman–Crippen MR) is 137 cm³/mol. The number of aliphatic imine (C=N–C) groups is 1. The summed E-state index contributed by atoms with van der Waals surface area (Å²) in [5.41, 5.74) is 0.884. The van der Waals surface area contributed by atoms with E-state index in [-0.39, 0.29) is 35.9 Å². The van der Waals surface area contributed by atoms with E-state index in [2.05, 4.69) is 15.5 Å². The molecule has 1 unspecified atom stereocenters. The van der Waals surface area contributed by atoms with Crippen molar-refractivity contribution in [2.75, 3.05) is 59.3 Å². The summed E-state index contributed by atoms with van der Waals surface area (Å²) in [6.07, 6.45) is 2.93. The number of hydrogen-bond acceptors (Lipinski definition) is 5. The predicted octanol–water partition coefficient (Wildman–Crippen LogP) is 3.03. The summed E-state index contributed by atoms with van der Waals surface area (Å²) in [5, 5.41) is 6.60. The Labute approximate surface area is 203 Å². The summed E-state index contributed by atoms with van der Waals surface area (Å²) in [7, 11) is 5.29. The molecule has 0 aromatic heterocycles. The van der Waals surface area contributed by atoms with Gasteiger partial charge in [0.25, 0.3) is 0 Å². The minimum absolute atomic E-state index is 0. The number of amides is 1. The molecule has 0 bridgehead atoms. The molecule has 0 radical (unpaired) electrons. The summed E-state index contributed by atoms with van der Waals surface area (Å²) in [4.78, 5) is 21.0. The van der Waals surface area contributed by atoms with Gasteiger partial charge in [-0.25, -0.2) is 0 Å². The molecule has 1 aliphatic rings. The highest BCUT2D eigenvalue weighted by Crippen LogP contribution is 2.30. The molecule has 8 nitrogen and oxygen atoms in total. The van der Waals surface area contributed by atoms with E-state index in [1.807, 2.05) is 46.1 Å². The SMILES string of the molecule is CCNC(=NCCCN1CCCC1C(=O)N(C)C)Nc1ccc(OC)c(OCC)c1.I. The molecule has 0 spiro atoms. The van der Waals surface area contributed by atoms with Gasteiger partial charge in [0, 0.05) is 45.5 Å². The fraction of sp³-hybridized carbons (Fsp3) is 0.636. The minimum Gasteiger partial charge on any atom is -0.493 e. The van der Waals surface area contributed by atoms with Crippen molar-refractivity contribution in [3.8, 4) is 11.5 Å². The Bertz CT molecular complexity index is 714. The van der Waals surface area contributed by atoms with E-state index < -0.39 is 0 Å². The van der Waals surface area contributed by atoms with Gasteiger partial charge in [-0.15, -0.1) is 24.0 Å². The molecule has 1 aromatic carbocycles. The molecule has 1 aliphatic heterocycles. The molecular formula is C22H38IN5O3. The average Bonchev–Trinajstić information content (AvgIpc) is 3.19. The van der Waals surface area contributed by atoms with Gasteiger partial charge in [-0.2, -0.15) is 0 Å². The number of anilines is 1. The first-order valence-corrected chi connectivity index (χ1v) is 10.8. The molecule has 1 aromatic rings. The van der Waals surface area contributed by atoms with Crippen molar-refractivity contribution >= 4 is 41.5 Å². The number of carbonyl (C=O) groups excluding carboxylic acids is 1. The number of nitrogens with zero attached hydrogens (tertiary/aromatic N) is 3. The summed E-state index contributed by atoms with van der Waals surface area (Å²) in [6.45, 7) is 7.87. The highest BCUT2D eigenvalue weighted by atomic mass is 127. The number of benzene rings is 1. The number of methoxy groups -OCH3 is 1. The Hall–Kier alpha value is -1.75. The molecule has 1 saturated heterocycles. The lowest BCUT2D eigenvalue weighted by Gasteiger charge is -2.25. The molecule has 1 fully saturated rings. The van der Waals surface area contributed by atoms with Crippen molar-refractivity contribution < 1.29 is 14.3 Å². The molecule has 0 saturated carbocycles. The van der Waals surface area contributed by atoms with Crippen LogP contribution in [0.5, 0.6) is 11.5 Å². The van der Waals surface area contributed by atoms with Crippen LogP contribution < -0.4 is 20.1 Å². The van der Waals surface area contributed by atoms with Crippen LogP contribution in [-0.2, 0) is 4.79 Å². The fourth-order valence-electron chi connectivity index (χ4n) is 3.60. The molecule has 31 heavy (non-hydrogen) atoms. The second-order valence-electron chi connectivity index (χ2n) is 7.46. The molecular weight excluding hydrogens is 509 g/mol. The first-order valence-electron chi connectivity index (χ1n) is 10.8. The molecule has 0 aliphatic carbocycles. The maximum atomic E-state index is 12.3. The average molecular weight is 547 g/mol. The Kier molecular flexibility index (Phi) is 12.6. The maximum Gasteiger partial charge on any atom is 0.239 e. The van der Waals surface area contributed by atoms with Gasteiger partial charge in [-0.1, -0.05) is 0 Å². The Morgan fingerprint density at radius 1 is 1.29 bits per heavy atom. The van der Waals surface area contributed by atoms with Crippen LogP contribution in [-0.4, -0.2) is 81.7 Å². The van der Waals surface area contributed by atoms with E-state index in [0.29, 0.717) is 24.7 Å². The summed E-state index contributed by atoms with van der Waals surface area (Å²) in [5.74, 6) is 2.34. The zero-order chi connectivity index (χ0) is 21.9. The lowest BCUT2D eigenvalue weighted by atomic mass is 10.2. The Morgan fingerprint density at radius 3 is 2.71 bits per heavy atom. The second kappa shape index (κ2) is 14.3. The van der Waals surface area contributed by atoms with Gasteiger partial charge in [-0.05, 0) is 51.8 Å². The van der Waals surface area contributed by atoms with Gasteiger partial charge in [0.15, 0.2) is 17.5 Å². The summed E-state index contributed by atoms with van der Waals surface area (Å²) in [6, 6.07) is 5.76. The number of likely N-dealkylation sites (N-methyl/N-ethyl adjacent to an activating group) is 1. The summed E-state index contributed by atoms with van der Waals surface area (Å²) < 4.78 is 11.0. The normalized spacial score (nSPS) is 16.4. The first-order chi connectivity index (χ1) is 14.5. The fourth-order valence-corrected chi connectivity index (χ4v) is 3.60. The molecule has 176 valence electrons. The van der Waals surface area contributed by atoms with E-state index >= 15 is 0 Å². The highest BCUT2D eigenvalue weighted by Gasteiger charge is 2.30. The first kappa shape index (κ1) is 27.3. The second-order valence-corrected chi connectivity index (χ2v) is 7.46. The number of rotatable bonds is 10. The number of ether oxygens (including phenoxy) is 2. The third-order valence-corrected chi connectivity index (χ3v) is 5.03. The van der Waals surface area contributed by atoms with Crippen molar-refractivity contribution in [1.82, 2.24) is 15.1 Å². The van der Waals surface area contributed by atoms with Crippen LogP contribution in [0.15, 0.2) is 23.2 Å². The standard InChI is InChI=1S/C22H37N5O3.HI/c1-6-23-22(25-17-11-12-19(29-5)20(16-17)30-7-2)24-13-9-15-27-14-8-10-18(27)21(28)26(3)4;/h11-12,16,18H,6-10,13-15H2,1-5H3,(H2,23,24,25);1H. The quantitative estimate of drug-likeness (QED) is 0.203. The van der Waals surface area contributed by atoms with Crippen LogP contribution in [0.25, 0.3) is 0 Å². The van der Waals surface area contributed by atoms with E-state index in [1.54, 1.807) is 12.0 Å². The van der Waals surface area contributed by atoms with Crippen LogP contribution in [0, 0.1) is 0 Å². The third kappa shape index (κ3) is 8.36. The molecule has 2 rings (SSSR count). The number of nitrogens with one attached hydrogen (secondary N) is 2. The van der Waals surface area contributed by atoms with Crippen molar-refractivity contribution in [1.29, 1.82) is 0 Å². The van der Waals surface area contributed by atoms with Crippen molar-refractivity contribution in [3.05, 3.63) is 18.2 Å². The molecule has 2 N–H and O–H groups in total. The number of guanidine groups is 1. The number of likely N-dealkylation sites (tertiary alicyclic amines) is 1. The van der Waals surface area contributed by atoms with Crippen molar-refractivity contribution in [2.24, 2.45) is 4.99 Å². The minimum atomic E-state index is 0. The lowest BCUT2D eigenvalue weighted by molar-refractivity contribution is -0.133. The van der Waals surface area contributed by atoms with Gasteiger partial charge in [0.2, 0.25) is 5.91 Å². The molecule has 1 heterocycles. The zero-order valence-corrected chi connectivity index (χ0v) is 21.8. The van der Waals surface area contributed by atoms with Gasteiger partial charge >= 0.3 is 0 Å². The van der Waals surface area contributed by atoms with Gasteiger partial charge in [-0.3, -0.25) is 14.7 Å². The monoisotopic (exact) mass is 547 g/mol. The van der Waals surface area contributed by atoms with E-state index in [0.717, 1.165) is 50.5 Å². The highest BCUT2D eigenvalue weighted by molar-refractivity contribution is 14.0. The largest absolute Gasteiger partial charge is 0.493 e. The molecule has 9 heteroatoms. The van der Waals surface area contributed by atoms with Gasteiger partial charge in [0.05, 0.1) is 19.8 Å². The Balaban J connectivity index is 0.00000480. The van der Waals surface area contributed by atoms with Gasteiger partial charge in [0.1, 0.15) is 0 Å². The maximum absolute atomic E-state index is 12.3. The topological polar surface area (TPSA) is 78.4 Å². The lowest BCUT2D eigenvalue weighted by Crippen LogP contribution is -2.43. The smallest absolute Gasteiger partial charge is 0.239 e. The summed E-state index contributed by atoms with van der Waals surface area (Å²) >= 11 is 0. The number of halogens is 1. The van der Waals surface area contributed by atoms with Crippen LogP contribution >= 0.6 is 24.0 Å².